The van der Waals surface area contributed by atoms with E-state index in [0.717, 1.165) is 27.5 Å². The smallest absolute Gasteiger partial charge is 0.264 e. The Morgan fingerprint density at radius 3 is 2.53 bits per heavy atom. The molecule has 0 aliphatic carbocycles. The van der Waals surface area contributed by atoms with Gasteiger partial charge >= 0.3 is 0 Å². The molecule has 0 aliphatic heterocycles. The number of carbonyl (C=O) groups is 1. The van der Waals surface area contributed by atoms with Crippen LogP contribution in [0.3, 0.4) is 0 Å². The number of aromatic nitrogens is 3. The quantitative estimate of drug-likeness (QED) is 0.178. The van der Waals surface area contributed by atoms with Crippen molar-refractivity contribution < 1.29 is 4.79 Å². The van der Waals surface area contributed by atoms with Crippen LogP contribution < -0.4 is 16.6 Å². The van der Waals surface area contributed by atoms with Crippen LogP contribution in [0.2, 0.25) is 10.0 Å². The number of thioether (sulfide) groups is 1. The summed E-state index contributed by atoms with van der Waals surface area (Å²) >= 11 is 16.4. The van der Waals surface area contributed by atoms with E-state index in [2.05, 4.69) is 42.0 Å². The molecule has 0 saturated heterocycles. The molecule has 4 N–H and O–H groups in total. The normalized spacial score (nSPS) is 11.4. The molecule has 0 bridgehead atoms. The van der Waals surface area contributed by atoms with Crippen molar-refractivity contribution >= 4 is 74.1 Å². The lowest BCUT2D eigenvalue weighted by Gasteiger charge is -2.06. The summed E-state index contributed by atoms with van der Waals surface area (Å²) in [5.41, 5.74) is 4.99. The largest absolute Gasteiger partial charge is 0.334 e. The molecule has 8 nitrogen and oxygen atoms in total. The van der Waals surface area contributed by atoms with Crippen LogP contribution in [0.5, 0.6) is 0 Å². The minimum absolute atomic E-state index is 0.0701. The predicted molar refractivity (Wildman–Crippen MR) is 126 cm³/mol. The van der Waals surface area contributed by atoms with Gasteiger partial charge in [0, 0.05) is 20.2 Å². The topological polar surface area (TPSA) is 110 Å². The second-order valence-electron chi connectivity index (χ2n) is 5.99. The fourth-order valence-corrected chi connectivity index (χ4v) is 3.74. The van der Waals surface area contributed by atoms with Gasteiger partial charge < -0.3 is 11.2 Å². The zero-order valence-electron chi connectivity index (χ0n) is 15.6. The van der Waals surface area contributed by atoms with Crippen molar-refractivity contribution in [2.75, 3.05) is 22.3 Å². The number of halogens is 3. The number of nitrogens with zero attached hydrogens (tertiary/aromatic N) is 4. The fourth-order valence-electron chi connectivity index (χ4n) is 2.29. The summed E-state index contributed by atoms with van der Waals surface area (Å²) in [7, 11) is 0. The molecule has 30 heavy (non-hydrogen) atoms. The molecule has 1 heterocycles. The Morgan fingerprint density at radius 1 is 1.20 bits per heavy atom. The number of anilines is 2. The highest BCUT2D eigenvalue weighted by Gasteiger charge is 2.13. The molecule has 0 unspecified atom stereocenters. The molecule has 0 atom stereocenters. The van der Waals surface area contributed by atoms with Gasteiger partial charge in [-0.3, -0.25) is 4.79 Å². The van der Waals surface area contributed by atoms with Gasteiger partial charge in [0.2, 0.25) is 11.1 Å². The number of nitrogens with one attached hydrogen (secondary N) is 2. The minimum atomic E-state index is -0.264. The summed E-state index contributed by atoms with van der Waals surface area (Å²) in [5.74, 6) is 6.05. The van der Waals surface area contributed by atoms with Crippen LogP contribution in [0, 0.1) is 0 Å². The number of amides is 1. The van der Waals surface area contributed by atoms with E-state index in [0.29, 0.717) is 20.9 Å². The summed E-state index contributed by atoms with van der Waals surface area (Å²) < 4.78 is 2.21. The van der Waals surface area contributed by atoms with E-state index in [9.17, 15) is 4.79 Å². The van der Waals surface area contributed by atoms with E-state index in [4.69, 9.17) is 29.0 Å². The molecular weight excluding hydrogens is 513 g/mol. The van der Waals surface area contributed by atoms with Gasteiger partial charge in [0.25, 0.3) is 5.95 Å². The molecule has 0 spiro atoms. The highest BCUT2D eigenvalue weighted by atomic mass is 79.9. The first-order valence-electron chi connectivity index (χ1n) is 8.47. The molecular formula is C18H16BrCl2N7OS. The predicted octanol–water partition coefficient (Wildman–Crippen LogP) is 4.63. The number of nitrogen functional groups attached to an aromatic ring is 1. The molecule has 2 aromatic carbocycles. The lowest BCUT2D eigenvalue weighted by molar-refractivity contribution is -0.113. The third kappa shape index (κ3) is 6.11. The van der Waals surface area contributed by atoms with Gasteiger partial charge in [0.05, 0.1) is 11.5 Å². The van der Waals surface area contributed by atoms with Crippen molar-refractivity contribution in [3.8, 4) is 0 Å². The van der Waals surface area contributed by atoms with Crippen LogP contribution in [0.25, 0.3) is 0 Å². The van der Waals surface area contributed by atoms with Crippen molar-refractivity contribution in [3.63, 3.8) is 0 Å². The van der Waals surface area contributed by atoms with Gasteiger partial charge in [-0.1, -0.05) is 63.0 Å². The third-order valence-electron chi connectivity index (χ3n) is 3.73. The number of hydrogen-bond acceptors (Lipinski definition) is 7. The number of rotatable bonds is 7. The van der Waals surface area contributed by atoms with Crippen molar-refractivity contribution in [3.05, 3.63) is 62.5 Å². The molecule has 0 radical (unpaired) electrons. The summed E-state index contributed by atoms with van der Waals surface area (Å²) in [5, 5.41) is 16.1. The molecule has 0 fully saturated rings. The molecule has 1 amide bonds. The molecule has 0 saturated carbocycles. The first kappa shape index (κ1) is 22.4. The van der Waals surface area contributed by atoms with E-state index in [-0.39, 0.29) is 17.6 Å². The summed E-state index contributed by atoms with van der Waals surface area (Å²) in [6.45, 7) is 1.86. The van der Waals surface area contributed by atoms with Crippen LogP contribution in [0.4, 0.5) is 11.6 Å². The zero-order chi connectivity index (χ0) is 21.7. The van der Waals surface area contributed by atoms with Crippen LogP contribution in [0.1, 0.15) is 12.5 Å². The summed E-state index contributed by atoms with van der Waals surface area (Å²) in [4.78, 5) is 12.2. The maximum Gasteiger partial charge on any atom is 0.264 e. The maximum absolute atomic E-state index is 12.2. The maximum atomic E-state index is 12.2. The molecule has 0 aliphatic rings. The average Bonchev–Trinajstić information content (AvgIpc) is 3.04. The van der Waals surface area contributed by atoms with Crippen molar-refractivity contribution in [1.82, 2.24) is 14.9 Å². The highest BCUT2D eigenvalue weighted by Crippen LogP contribution is 2.23. The Morgan fingerprint density at radius 2 is 1.87 bits per heavy atom. The van der Waals surface area contributed by atoms with Gasteiger partial charge in [-0.15, -0.1) is 10.2 Å². The summed E-state index contributed by atoms with van der Waals surface area (Å²) in [6, 6.07) is 12.5. The minimum Gasteiger partial charge on any atom is -0.334 e. The lowest BCUT2D eigenvalue weighted by atomic mass is 10.1. The monoisotopic (exact) mass is 527 g/mol. The average molecular weight is 529 g/mol. The van der Waals surface area contributed by atoms with E-state index in [1.54, 1.807) is 18.2 Å². The zero-order valence-corrected chi connectivity index (χ0v) is 19.5. The Bertz CT molecular complexity index is 1070. The van der Waals surface area contributed by atoms with Crippen LogP contribution in [-0.4, -0.2) is 32.2 Å². The van der Waals surface area contributed by atoms with Gasteiger partial charge in [0.15, 0.2) is 0 Å². The highest BCUT2D eigenvalue weighted by molar-refractivity contribution is 9.10. The number of nitrogens with two attached hydrogens (primary N) is 1. The van der Waals surface area contributed by atoms with Gasteiger partial charge in [0.1, 0.15) is 0 Å². The summed E-state index contributed by atoms with van der Waals surface area (Å²) in [6.07, 6.45) is 0. The number of carbonyl (C=O) groups excluding carboxylic acids is 1. The molecule has 12 heteroatoms. The van der Waals surface area contributed by atoms with E-state index in [1.165, 1.54) is 4.68 Å². The van der Waals surface area contributed by atoms with Crippen molar-refractivity contribution in [2.45, 2.75) is 12.1 Å². The Kier molecular flexibility index (Phi) is 7.59. The Hall–Kier alpha value is -2.27. The standard InChI is InChI=1S/C18H16BrCl2N7OS/c1-10(11-2-4-12(19)5-3-11)24-25-17-26-27-18(28(17)22)30-9-16(29)23-15-7-13(20)6-14(21)8-15/h2-8H,9,22H2,1H3,(H,23,29)(H,25,26)/b24-10+. The van der Waals surface area contributed by atoms with E-state index >= 15 is 0 Å². The van der Waals surface area contributed by atoms with E-state index < -0.39 is 0 Å². The molecule has 1 aromatic heterocycles. The van der Waals surface area contributed by atoms with Crippen LogP contribution in [-0.2, 0) is 4.79 Å². The molecule has 3 aromatic rings. The number of hydrazone groups is 1. The van der Waals surface area contributed by atoms with Crippen molar-refractivity contribution in [2.24, 2.45) is 5.10 Å². The van der Waals surface area contributed by atoms with Gasteiger partial charge in [-0.2, -0.15) is 5.10 Å². The lowest BCUT2D eigenvalue weighted by Crippen LogP contribution is -2.17. The molecule has 3 rings (SSSR count). The first-order chi connectivity index (χ1) is 14.3. The van der Waals surface area contributed by atoms with Crippen molar-refractivity contribution in [1.29, 1.82) is 0 Å². The molecule has 156 valence electrons. The van der Waals surface area contributed by atoms with Crippen LogP contribution in [0.15, 0.2) is 57.2 Å². The Labute approximate surface area is 195 Å². The SMILES string of the molecule is C/C(=N\Nc1nnc(SCC(=O)Nc2cc(Cl)cc(Cl)c2)n1N)c1ccc(Br)cc1. The van der Waals surface area contributed by atoms with E-state index in [1.807, 2.05) is 31.2 Å². The van der Waals surface area contributed by atoms with Gasteiger partial charge in [-0.05, 0) is 42.8 Å². The first-order valence-corrected chi connectivity index (χ1v) is 11.0. The number of benzene rings is 2. The second-order valence-corrected chi connectivity index (χ2v) is 8.72. The van der Waals surface area contributed by atoms with Crippen LogP contribution >= 0.6 is 50.9 Å². The Balaban J connectivity index is 1.57. The second kappa shape index (κ2) is 10.2. The van der Waals surface area contributed by atoms with Gasteiger partial charge in [-0.25, -0.2) is 10.1 Å². The number of hydrogen-bond donors (Lipinski definition) is 3. The fraction of sp³-hybridized carbons (Fsp3) is 0.111. The third-order valence-corrected chi connectivity index (χ3v) is 5.64.